The second-order valence-corrected chi connectivity index (χ2v) is 6.26. The maximum absolute atomic E-state index is 12.0. The van der Waals surface area contributed by atoms with Crippen LogP contribution in [-0.2, 0) is 19.7 Å². The predicted octanol–water partition coefficient (Wildman–Crippen LogP) is -0.0470. The fourth-order valence-corrected chi connectivity index (χ4v) is 3.52. The van der Waals surface area contributed by atoms with Gasteiger partial charge < -0.3 is 9.47 Å². The van der Waals surface area contributed by atoms with Crippen molar-refractivity contribution in [1.82, 2.24) is 9.03 Å². The van der Waals surface area contributed by atoms with E-state index in [-0.39, 0.29) is 6.04 Å². The van der Waals surface area contributed by atoms with Crippen LogP contribution in [0.4, 0.5) is 0 Å². The van der Waals surface area contributed by atoms with Crippen LogP contribution < -0.4 is 4.72 Å². The molecule has 1 saturated heterocycles. The third kappa shape index (κ3) is 5.19. The van der Waals surface area contributed by atoms with Gasteiger partial charge in [-0.25, -0.2) is 0 Å². The normalized spacial score (nSPS) is 20.4. The average molecular weight is 331 g/mol. The van der Waals surface area contributed by atoms with Gasteiger partial charge in [0.05, 0.1) is 19.8 Å². The summed E-state index contributed by atoms with van der Waals surface area (Å²) in [4.78, 5) is 0. The second kappa shape index (κ2) is 7.65. The molecule has 1 rings (SSSR count). The molecule has 1 aliphatic rings. The standard InChI is InChI=1S/C9H19BrN2O4S/c1-15-8-9(2-3-10)11-17(13,14)12-4-6-16-7-5-12/h9,11H,2-8H2,1H3. The van der Waals surface area contributed by atoms with Gasteiger partial charge in [0, 0.05) is 31.6 Å². The molecule has 1 atom stereocenters. The van der Waals surface area contributed by atoms with E-state index in [1.165, 1.54) is 4.31 Å². The van der Waals surface area contributed by atoms with E-state index in [4.69, 9.17) is 9.47 Å². The van der Waals surface area contributed by atoms with E-state index in [2.05, 4.69) is 20.7 Å². The first kappa shape index (κ1) is 15.3. The third-order valence-electron chi connectivity index (χ3n) is 2.45. The highest BCUT2D eigenvalue weighted by Crippen LogP contribution is 2.06. The Kier molecular flexibility index (Phi) is 6.90. The van der Waals surface area contributed by atoms with Crippen LogP contribution in [0, 0.1) is 0 Å². The molecule has 0 aromatic carbocycles. The molecule has 0 saturated carbocycles. The van der Waals surface area contributed by atoms with Gasteiger partial charge in [-0.2, -0.15) is 17.4 Å². The Bertz CT molecular complexity index is 300. The number of hydrogen-bond donors (Lipinski definition) is 1. The zero-order chi connectivity index (χ0) is 12.7. The van der Waals surface area contributed by atoms with Gasteiger partial charge in [0.1, 0.15) is 0 Å². The van der Waals surface area contributed by atoms with Crippen LogP contribution in [-0.4, -0.2) is 64.1 Å². The zero-order valence-electron chi connectivity index (χ0n) is 9.89. The first-order valence-corrected chi connectivity index (χ1v) is 8.06. The summed E-state index contributed by atoms with van der Waals surface area (Å²) in [5, 5.41) is 0.729. The first-order chi connectivity index (χ1) is 8.10. The number of hydrogen-bond acceptors (Lipinski definition) is 4. The smallest absolute Gasteiger partial charge is 0.279 e. The lowest BCUT2D eigenvalue weighted by Crippen LogP contribution is -2.50. The number of nitrogens with one attached hydrogen (secondary N) is 1. The molecule has 0 amide bonds. The van der Waals surface area contributed by atoms with Gasteiger partial charge in [0.15, 0.2) is 0 Å². The lowest BCUT2D eigenvalue weighted by molar-refractivity contribution is 0.0719. The summed E-state index contributed by atoms with van der Waals surface area (Å²) < 4.78 is 38.3. The number of morpholine rings is 1. The molecule has 1 N–H and O–H groups in total. The van der Waals surface area contributed by atoms with Crippen molar-refractivity contribution in [3.05, 3.63) is 0 Å². The van der Waals surface area contributed by atoms with Crippen molar-refractivity contribution in [3.63, 3.8) is 0 Å². The molecule has 6 nitrogen and oxygen atoms in total. The Balaban J connectivity index is 2.55. The molecule has 1 heterocycles. The van der Waals surface area contributed by atoms with Crippen LogP contribution in [0.5, 0.6) is 0 Å². The van der Waals surface area contributed by atoms with Crippen LogP contribution in [0.2, 0.25) is 0 Å². The molecule has 17 heavy (non-hydrogen) atoms. The minimum absolute atomic E-state index is 0.202. The highest BCUT2D eigenvalue weighted by Gasteiger charge is 2.26. The molecule has 0 bridgehead atoms. The van der Waals surface area contributed by atoms with Crippen LogP contribution >= 0.6 is 15.9 Å². The van der Waals surface area contributed by atoms with Crippen LogP contribution in [0.3, 0.4) is 0 Å². The molecule has 0 aromatic heterocycles. The molecule has 1 fully saturated rings. The largest absolute Gasteiger partial charge is 0.383 e. The Morgan fingerprint density at radius 2 is 2.12 bits per heavy atom. The van der Waals surface area contributed by atoms with Gasteiger partial charge in [-0.15, -0.1) is 0 Å². The summed E-state index contributed by atoms with van der Waals surface area (Å²) in [5.41, 5.74) is 0. The number of alkyl halides is 1. The summed E-state index contributed by atoms with van der Waals surface area (Å²) in [6.45, 7) is 2.09. The Hall–Kier alpha value is 0.270. The molecule has 102 valence electrons. The van der Waals surface area contributed by atoms with Crippen molar-refractivity contribution in [2.45, 2.75) is 12.5 Å². The van der Waals surface area contributed by atoms with E-state index in [9.17, 15) is 8.42 Å². The Labute approximate surface area is 111 Å². The topological polar surface area (TPSA) is 67.9 Å². The lowest BCUT2D eigenvalue weighted by atomic mass is 10.3. The molecule has 8 heteroatoms. The van der Waals surface area contributed by atoms with Crippen molar-refractivity contribution in [3.8, 4) is 0 Å². The van der Waals surface area contributed by atoms with E-state index < -0.39 is 10.2 Å². The molecule has 1 unspecified atom stereocenters. The van der Waals surface area contributed by atoms with Crippen molar-refractivity contribution in [2.24, 2.45) is 0 Å². The van der Waals surface area contributed by atoms with Crippen molar-refractivity contribution in [1.29, 1.82) is 0 Å². The summed E-state index contributed by atoms with van der Waals surface area (Å²) in [5.74, 6) is 0. The quantitative estimate of drug-likeness (QED) is 0.665. The maximum Gasteiger partial charge on any atom is 0.279 e. The van der Waals surface area contributed by atoms with Gasteiger partial charge >= 0.3 is 0 Å². The Morgan fingerprint density at radius 3 is 2.65 bits per heavy atom. The number of halogens is 1. The van der Waals surface area contributed by atoms with E-state index in [0.717, 1.165) is 5.33 Å². The van der Waals surface area contributed by atoms with Crippen LogP contribution in [0.15, 0.2) is 0 Å². The molecular formula is C9H19BrN2O4S. The molecule has 0 radical (unpaired) electrons. The lowest BCUT2D eigenvalue weighted by Gasteiger charge is -2.28. The monoisotopic (exact) mass is 330 g/mol. The number of methoxy groups -OCH3 is 1. The molecule has 0 aromatic rings. The minimum atomic E-state index is -3.42. The fourth-order valence-electron chi connectivity index (χ4n) is 1.58. The molecule has 0 aliphatic carbocycles. The maximum atomic E-state index is 12.0. The van der Waals surface area contributed by atoms with Crippen molar-refractivity contribution in [2.75, 3.05) is 45.4 Å². The summed E-state index contributed by atoms with van der Waals surface area (Å²) in [7, 11) is -1.86. The van der Waals surface area contributed by atoms with E-state index in [1.807, 2.05) is 0 Å². The van der Waals surface area contributed by atoms with Crippen molar-refractivity contribution < 1.29 is 17.9 Å². The van der Waals surface area contributed by atoms with E-state index in [1.54, 1.807) is 7.11 Å². The molecular weight excluding hydrogens is 312 g/mol. The highest BCUT2D eigenvalue weighted by molar-refractivity contribution is 9.09. The highest BCUT2D eigenvalue weighted by atomic mass is 79.9. The number of ether oxygens (including phenoxy) is 2. The minimum Gasteiger partial charge on any atom is -0.383 e. The van der Waals surface area contributed by atoms with Gasteiger partial charge in [0.2, 0.25) is 0 Å². The first-order valence-electron chi connectivity index (χ1n) is 5.50. The van der Waals surface area contributed by atoms with Gasteiger partial charge in [-0.3, -0.25) is 0 Å². The number of rotatable bonds is 7. The third-order valence-corrected chi connectivity index (χ3v) is 4.59. The fraction of sp³-hybridized carbons (Fsp3) is 1.00. The summed E-state index contributed by atoms with van der Waals surface area (Å²) in [6, 6.07) is -0.202. The van der Waals surface area contributed by atoms with E-state index in [0.29, 0.717) is 39.3 Å². The predicted molar refractivity (Wildman–Crippen MR) is 68.5 cm³/mol. The summed E-state index contributed by atoms with van der Waals surface area (Å²) >= 11 is 3.30. The van der Waals surface area contributed by atoms with Gasteiger partial charge in [-0.05, 0) is 6.42 Å². The Morgan fingerprint density at radius 1 is 1.47 bits per heavy atom. The SMILES string of the molecule is COCC(CCBr)NS(=O)(=O)N1CCOCC1. The second-order valence-electron chi connectivity index (χ2n) is 3.76. The van der Waals surface area contributed by atoms with Crippen LogP contribution in [0.25, 0.3) is 0 Å². The number of nitrogens with zero attached hydrogens (tertiary/aromatic N) is 1. The van der Waals surface area contributed by atoms with Crippen molar-refractivity contribution >= 4 is 26.1 Å². The van der Waals surface area contributed by atoms with Crippen LogP contribution in [0.1, 0.15) is 6.42 Å². The van der Waals surface area contributed by atoms with E-state index >= 15 is 0 Å². The average Bonchev–Trinajstić information content (AvgIpc) is 2.30. The zero-order valence-corrected chi connectivity index (χ0v) is 12.3. The molecule has 0 spiro atoms. The molecule has 1 aliphatic heterocycles. The summed E-state index contributed by atoms with van der Waals surface area (Å²) in [6.07, 6.45) is 0.692. The van der Waals surface area contributed by atoms with Gasteiger partial charge in [-0.1, -0.05) is 15.9 Å². The van der Waals surface area contributed by atoms with Gasteiger partial charge in [0.25, 0.3) is 10.2 Å².